The first kappa shape index (κ1) is 13.3. The molecular weight excluding hydrogens is 210 g/mol. The van der Waals surface area contributed by atoms with E-state index in [1.54, 1.807) is 0 Å². The fourth-order valence-electron chi connectivity index (χ4n) is 3.26. The van der Waals surface area contributed by atoms with Crippen LogP contribution in [-0.2, 0) is 0 Å². The lowest BCUT2D eigenvalue weighted by Crippen LogP contribution is -2.54. The number of hydrogen-bond donors (Lipinski definition) is 1. The van der Waals surface area contributed by atoms with Gasteiger partial charge in [0.15, 0.2) is 0 Å². The molecule has 17 heavy (non-hydrogen) atoms. The SMILES string of the molecule is CC(C)CN1CCN(C2CCNC(C)C2)CC1. The number of nitrogens with one attached hydrogen (secondary N) is 1. The van der Waals surface area contributed by atoms with Gasteiger partial charge in [0.05, 0.1) is 0 Å². The van der Waals surface area contributed by atoms with Crippen LogP contribution in [0.3, 0.4) is 0 Å². The minimum absolute atomic E-state index is 0.711. The lowest BCUT2D eigenvalue weighted by atomic mass is 9.98. The minimum Gasteiger partial charge on any atom is -0.314 e. The average Bonchev–Trinajstić information content (AvgIpc) is 2.29. The summed E-state index contributed by atoms with van der Waals surface area (Å²) in [5, 5.41) is 3.55. The fraction of sp³-hybridized carbons (Fsp3) is 1.00. The first-order valence-electron chi connectivity index (χ1n) is 7.35. The summed E-state index contributed by atoms with van der Waals surface area (Å²) >= 11 is 0. The standard InChI is InChI=1S/C14H29N3/c1-12(2)11-16-6-8-17(9-7-16)14-4-5-15-13(3)10-14/h12-15H,4-11H2,1-3H3. The molecule has 2 rings (SSSR count). The van der Waals surface area contributed by atoms with Gasteiger partial charge in [-0.2, -0.15) is 0 Å². The summed E-state index contributed by atoms with van der Waals surface area (Å²) in [5.74, 6) is 0.806. The molecule has 100 valence electrons. The Morgan fingerprint density at radius 2 is 1.88 bits per heavy atom. The fourth-order valence-corrected chi connectivity index (χ4v) is 3.26. The normalized spacial score (nSPS) is 33.2. The molecule has 0 bridgehead atoms. The average molecular weight is 239 g/mol. The Kier molecular flexibility index (Phi) is 4.83. The minimum atomic E-state index is 0.711. The van der Waals surface area contributed by atoms with E-state index < -0.39 is 0 Å². The van der Waals surface area contributed by atoms with Crippen molar-refractivity contribution < 1.29 is 0 Å². The lowest BCUT2D eigenvalue weighted by Gasteiger charge is -2.42. The van der Waals surface area contributed by atoms with Crippen molar-refractivity contribution in [3.8, 4) is 0 Å². The Morgan fingerprint density at radius 1 is 1.18 bits per heavy atom. The highest BCUT2D eigenvalue weighted by molar-refractivity contribution is 4.85. The smallest absolute Gasteiger partial charge is 0.0123 e. The first-order valence-corrected chi connectivity index (χ1v) is 7.35. The van der Waals surface area contributed by atoms with E-state index in [0.29, 0.717) is 6.04 Å². The van der Waals surface area contributed by atoms with E-state index in [4.69, 9.17) is 0 Å². The molecule has 2 unspecified atom stereocenters. The molecule has 3 heteroatoms. The van der Waals surface area contributed by atoms with E-state index in [0.717, 1.165) is 12.0 Å². The Balaban J connectivity index is 1.74. The molecule has 1 N–H and O–H groups in total. The van der Waals surface area contributed by atoms with Crippen LogP contribution in [0.1, 0.15) is 33.6 Å². The summed E-state index contributed by atoms with van der Waals surface area (Å²) < 4.78 is 0. The maximum atomic E-state index is 3.55. The van der Waals surface area contributed by atoms with Gasteiger partial charge >= 0.3 is 0 Å². The van der Waals surface area contributed by atoms with E-state index in [1.165, 1.54) is 52.1 Å². The molecule has 2 heterocycles. The third-order valence-corrected chi connectivity index (χ3v) is 4.14. The van der Waals surface area contributed by atoms with E-state index in [9.17, 15) is 0 Å². The third kappa shape index (κ3) is 3.94. The summed E-state index contributed by atoms with van der Waals surface area (Å²) in [7, 11) is 0. The van der Waals surface area contributed by atoms with E-state index in [2.05, 4.69) is 35.9 Å². The summed E-state index contributed by atoms with van der Waals surface area (Å²) in [6.45, 7) is 14.6. The summed E-state index contributed by atoms with van der Waals surface area (Å²) in [5.41, 5.74) is 0. The van der Waals surface area contributed by atoms with Crippen molar-refractivity contribution in [2.45, 2.75) is 45.7 Å². The van der Waals surface area contributed by atoms with Crippen LogP contribution in [-0.4, -0.2) is 61.2 Å². The second kappa shape index (κ2) is 6.17. The van der Waals surface area contributed by atoms with Crippen LogP contribution in [0.2, 0.25) is 0 Å². The van der Waals surface area contributed by atoms with E-state index in [-0.39, 0.29) is 0 Å². The Hall–Kier alpha value is -0.120. The number of nitrogens with zero attached hydrogens (tertiary/aromatic N) is 2. The third-order valence-electron chi connectivity index (χ3n) is 4.14. The molecule has 3 nitrogen and oxygen atoms in total. The predicted octanol–water partition coefficient (Wildman–Crippen LogP) is 1.40. The van der Waals surface area contributed by atoms with Crippen LogP contribution >= 0.6 is 0 Å². The molecule has 0 aromatic carbocycles. The maximum Gasteiger partial charge on any atom is 0.0123 e. The van der Waals surface area contributed by atoms with Gasteiger partial charge in [0.25, 0.3) is 0 Å². The zero-order valence-corrected chi connectivity index (χ0v) is 11.8. The molecule has 0 aromatic heterocycles. The molecule has 0 radical (unpaired) electrons. The van der Waals surface area contributed by atoms with Crippen molar-refractivity contribution in [2.75, 3.05) is 39.3 Å². The molecule has 2 fully saturated rings. The van der Waals surface area contributed by atoms with Gasteiger partial charge in [0.2, 0.25) is 0 Å². The number of piperidine rings is 1. The Bertz CT molecular complexity index is 222. The van der Waals surface area contributed by atoms with Gasteiger partial charge in [-0.05, 0) is 32.2 Å². The number of piperazine rings is 1. The first-order chi connectivity index (χ1) is 8.15. The van der Waals surface area contributed by atoms with E-state index in [1.807, 2.05) is 0 Å². The van der Waals surface area contributed by atoms with Gasteiger partial charge in [-0.1, -0.05) is 13.8 Å². The van der Waals surface area contributed by atoms with Crippen LogP contribution < -0.4 is 5.32 Å². The molecule has 0 amide bonds. The highest BCUT2D eigenvalue weighted by Gasteiger charge is 2.27. The molecule has 2 aliphatic heterocycles. The number of hydrogen-bond acceptors (Lipinski definition) is 3. The van der Waals surface area contributed by atoms with Gasteiger partial charge in [-0.3, -0.25) is 4.90 Å². The van der Waals surface area contributed by atoms with Gasteiger partial charge in [0, 0.05) is 44.8 Å². The summed E-state index contributed by atoms with van der Waals surface area (Å²) in [4.78, 5) is 5.36. The van der Waals surface area contributed by atoms with Crippen LogP contribution in [0.5, 0.6) is 0 Å². The zero-order chi connectivity index (χ0) is 12.3. The van der Waals surface area contributed by atoms with Crippen molar-refractivity contribution in [1.82, 2.24) is 15.1 Å². The molecule has 0 aliphatic carbocycles. The van der Waals surface area contributed by atoms with Gasteiger partial charge in [-0.25, -0.2) is 0 Å². The highest BCUT2D eigenvalue weighted by Crippen LogP contribution is 2.17. The lowest BCUT2D eigenvalue weighted by molar-refractivity contribution is 0.0701. The molecule has 0 spiro atoms. The number of rotatable bonds is 3. The molecule has 0 aromatic rings. The van der Waals surface area contributed by atoms with Crippen molar-refractivity contribution in [3.63, 3.8) is 0 Å². The van der Waals surface area contributed by atoms with Gasteiger partial charge in [-0.15, -0.1) is 0 Å². The van der Waals surface area contributed by atoms with Crippen LogP contribution in [0.25, 0.3) is 0 Å². The summed E-state index contributed by atoms with van der Waals surface area (Å²) in [6, 6.07) is 1.55. The second-order valence-corrected chi connectivity index (χ2v) is 6.26. The van der Waals surface area contributed by atoms with Crippen LogP contribution in [0, 0.1) is 5.92 Å². The van der Waals surface area contributed by atoms with Crippen molar-refractivity contribution in [1.29, 1.82) is 0 Å². The quantitative estimate of drug-likeness (QED) is 0.803. The molecule has 2 atom stereocenters. The Morgan fingerprint density at radius 3 is 2.47 bits per heavy atom. The monoisotopic (exact) mass is 239 g/mol. The highest BCUT2D eigenvalue weighted by atomic mass is 15.3. The zero-order valence-electron chi connectivity index (χ0n) is 11.8. The van der Waals surface area contributed by atoms with E-state index >= 15 is 0 Å². The topological polar surface area (TPSA) is 18.5 Å². The molecular formula is C14H29N3. The molecule has 0 saturated carbocycles. The predicted molar refractivity (Wildman–Crippen MR) is 73.3 cm³/mol. The van der Waals surface area contributed by atoms with Crippen molar-refractivity contribution in [2.24, 2.45) is 5.92 Å². The maximum absolute atomic E-state index is 3.55. The molecule has 2 saturated heterocycles. The van der Waals surface area contributed by atoms with Gasteiger partial charge in [0.1, 0.15) is 0 Å². The van der Waals surface area contributed by atoms with Crippen LogP contribution in [0.15, 0.2) is 0 Å². The van der Waals surface area contributed by atoms with Gasteiger partial charge < -0.3 is 10.2 Å². The van der Waals surface area contributed by atoms with Crippen molar-refractivity contribution >= 4 is 0 Å². The largest absolute Gasteiger partial charge is 0.314 e. The second-order valence-electron chi connectivity index (χ2n) is 6.26. The molecule has 2 aliphatic rings. The van der Waals surface area contributed by atoms with Crippen LogP contribution in [0.4, 0.5) is 0 Å². The Labute approximate surface area is 107 Å². The summed E-state index contributed by atoms with van der Waals surface area (Å²) in [6.07, 6.45) is 2.68. The van der Waals surface area contributed by atoms with Crippen molar-refractivity contribution in [3.05, 3.63) is 0 Å².